The first-order valence-corrected chi connectivity index (χ1v) is 5.61. The van der Waals surface area contributed by atoms with Crippen LogP contribution in [-0.2, 0) is 0 Å². The molecule has 1 aliphatic rings. The Bertz CT molecular complexity index is 431. The van der Waals surface area contributed by atoms with E-state index in [1.54, 1.807) is 4.90 Å². The van der Waals surface area contributed by atoms with Crippen LogP contribution in [0, 0.1) is 0 Å². The molecule has 3 N–H and O–H groups in total. The predicted octanol–water partition coefficient (Wildman–Crippen LogP) is -1.55. The standard InChI is InChI=1S/C10H16N4O3/c15-6-5-13-1-3-14(4-2-13)9(16)8-7-11-10(17)12-8/h7,15H,1-6H2,(H2,11,12,17). The minimum atomic E-state index is -0.368. The van der Waals surface area contributed by atoms with E-state index in [-0.39, 0.29) is 18.2 Å². The second kappa shape index (κ2) is 5.15. The SMILES string of the molecule is O=C(c1c[nH]c(=O)[nH]1)N1CCN(CCO)CC1. The van der Waals surface area contributed by atoms with Crippen molar-refractivity contribution >= 4 is 5.91 Å². The Morgan fingerprint density at radius 1 is 1.35 bits per heavy atom. The Balaban J connectivity index is 1.92. The van der Waals surface area contributed by atoms with Gasteiger partial charge in [-0.3, -0.25) is 9.69 Å². The third-order valence-corrected chi connectivity index (χ3v) is 2.90. The fraction of sp³-hybridized carbons (Fsp3) is 0.600. The summed E-state index contributed by atoms with van der Waals surface area (Å²) < 4.78 is 0. The number of carbonyl (C=O) groups is 1. The van der Waals surface area contributed by atoms with E-state index in [1.165, 1.54) is 6.20 Å². The second-order valence-corrected chi connectivity index (χ2v) is 4.01. The first-order valence-electron chi connectivity index (χ1n) is 5.61. The van der Waals surface area contributed by atoms with Gasteiger partial charge in [0.15, 0.2) is 0 Å². The zero-order valence-electron chi connectivity index (χ0n) is 9.48. The molecule has 17 heavy (non-hydrogen) atoms. The predicted molar refractivity (Wildman–Crippen MR) is 60.8 cm³/mol. The molecule has 0 unspecified atom stereocenters. The molecule has 1 aromatic heterocycles. The van der Waals surface area contributed by atoms with Crippen LogP contribution < -0.4 is 5.69 Å². The molecule has 1 aliphatic heterocycles. The molecule has 1 amide bonds. The van der Waals surface area contributed by atoms with Crippen LogP contribution in [-0.4, -0.2) is 70.1 Å². The summed E-state index contributed by atoms with van der Waals surface area (Å²) in [6.07, 6.45) is 1.39. The molecule has 0 aromatic carbocycles. The lowest BCUT2D eigenvalue weighted by atomic mass is 10.3. The molecule has 2 heterocycles. The van der Waals surface area contributed by atoms with E-state index >= 15 is 0 Å². The number of imidazole rings is 1. The van der Waals surface area contributed by atoms with Crippen molar-refractivity contribution in [3.05, 3.63) is 22.4 Å². The minimum Gasteiger partial charge on any atom is -0.395 e. The van der Waals surface area contributed by atoms with Crippen molar-refractivity contribution in [2.24, 2.45) is 0 Å². The van der Waals surface area contributed by atoms with Crippen molar-refractivity contribution in [1.82, 2.24) is 19.8 Å². The summed E-state index contributed by atoms with van der Waals surface area (Å²) in [5.41, 5.74) is -0.0714. The van der Waals surface area contributed by atoms with Crippen molar-refractivity contribution in [1.29, 1.82) is 0 Å². The normalized spacial score (nSPS) is 17.4. The molecule has 1 fully saturated rings. The number of aliphatic hydroxyl groups is 1. The highest BCUT2D eigenvalue weighted by Gasteiger charge is 2.22. The first-order chi connectivity index (χ1) is 8.20. The van der Waals surface area contributed by atoms with Gasteiger partial charge in [0.25, 0.3) is 5.91 Å². The molecular formula is C10H16N4O3. The van der Waals surface area contributed by atoms with E-state index in [2.05, 4.69) is 14.9 Å². The summed E-state index contributed by atoms with van der Waals surface area (Å²) in [6, 6.07) is 0. The van der Waals surface area contributed by atoms with Gasteiger partial charge in [0.1, 0.15) is 5.69 Å². The largest absolute Gasteiger partial charge is 0.395 e. The second-order valence-electron chi connectivity index (χ2n) is 4.01. The van der Waals surface area contributed by atoms with Crippen molar-refractivity contribution in [3.63, 3.8) is 0 Å². The summed E-state index contributed by atoms with van der Waals surface area (Å²) >= 11 is 0. The van der Waals surface area contributed by atoms with E-state index in [1.807, 2.05) is 0 Å². The molecule has 0 saturated carbocycles. The van der Waals surface area contributed by atoms with Gasteiger partial charge in [-0.2, -0.15) is 0 Å². The zero-order valence-corrected chi connectivity index (χ0v) is 9.48. The summed E-state index contributed by atoms with van der Waals surface area (Å²) in [4.78, 5) is 31.5. The maximum Gasteiger partial charge on any atom is 0.323 e. The lowest BCUT2D eigenvalue weighted by Crippen LogP contribution is -2.49. The van der Waals surface area contributed by atoms with Gasteiger partial charge >= 0.3 is 5.69 Å². The number of carbonyl (C=O) groups excluding carboxylic acids is 1. The smallest absolute Gasteiger partial charge is 0.323 e. The van der Waals surface area contributed by atoms with Crippen molar-refractivity contribution < 1.29 is 9.90 Å². The van der Waals surface area contributed by atoms with E-state index < -0.39 is 0 Å². The number of amides is 1. The maximum absolute atomic E-state index is 11.9. The number of nitrogens with zero attached hydrogens (tertiary/aromatic N) is 2. The molecular weight excluding hydrogens is 224 g/mol. The molecule has 0 spiro atoms. The number of hydrogen-bond donors (Lipinski definition) is 3. The van der Waals surface area contributed by atoms with Gasteiger partial charge in [-0.15, -0.1) is 0 Å². The van der Waals surface area contributed by atoms with Crippen molar-refractivity contribution in [2.75, 3.05) is 39.3 Å². The Kier molecular flexibility index (Phi) is 3.60. The van der Waals surface area contributed by atoms with Crippen LogP contribution >= 0.6 is 0 Å². The highest BCUT2D eigenvalue weighted by Crippen LogP contribution is 2.05. The van der Waals surface area contributed by atoms with Crippen LogP contribution in [0.1, 0.15) is 10.5 Å². The van der Waals surface area contributed by atoms with Gasteiger partial charge in [0.05, 0.1) is 6.61 Å². The maximum atomic E-state index is 11.9. The molecule has 0 atom stereocenters. The van der Waals surface area contributed by atoms with Crippen LogP contribution in [0.4, 0.5) is 0 Å². The number of β-amino-alcohol motifs (C(OH)–C–C–N with tert-alkyl or cyclic N) is 1. The third-order valence-electron chi connectivity index (χ3n) is 2.90. The molecule has 7 nitrogen and oxygen atoms in total. The van der Waals surface area contributed by atoms with Crippen LogP contribution in [0.3, 0.4) is 0 Å². The molecule has 94 valence electrons. The summed E-state index contributed by atoms with van der Waals surface area (Å²) in [7, 11) is 0. The number of aliphatic hydroxyl groups excluding tert-OH is 1. The van der Waals surface area contributed by atoms with Gasteiger partial charge in [-0.1, -0.05) is 0 Å². The summed E-state index contributed by atoms with van der Waals surface area (Å²) in [5.74, 6) is -0.160. The first kappa shape index (κ1) is 11.9. The van der Waals surface area contributed by atoms with E-state index in [0.29, 0.717) is 25.3 Å². The molecule has 1 aromatic rings. The minimum absolute atomic E-state index is 0.138. The molecule has 7 heteroatoms. The topological polar surface area (TPSA) is 92.4 Å². The molecule has 0 bridgehead atoms. The third kappa shape index (κ3) is 2.75. The number of aromatic amines is 2. The fourth-order valence-corrected chi connectivity index (χ4v) is 1.93. The molecule has 0 radical (unpaired) electrons. The summed E-state index contributed by atoms with van der Waals surface area (Å²) in [6.45, 7) is 3.52. The van der Waals surface area contributed by atoms with E-state index in [0.717, 1.165) is 13.1 Å². The highest BCUT2D eigenvalue weighted by molar-refractivity contribution is 5.92. The number of rotatable bonds is 3. The van der Waals surface area contributed by atoms with Crippen LogP contribution in [0.15, 0.2) is 11.0 Å². The summed E-state index contributed by atoms with van der Waals surface area (Å²) in [5, 5.41) is 8.81. The number of aromatic nitrogens is 2. The average molecular weight is 240 g/mol. The number of nitrogens with one attached hydrogen (secondary N) is 2. The molecule has 2 rings (SSSR count). The average Bonchev–Trinajstić information content (AvgIpc) is 2.76. The van der Waals surface area contributed by atoms with E-state index in [9.17, 15) is 9.59 Å². The van der Waals surface area contributed by atoms with Crippen molar-refractivity contribution in [3.8, 4) is 0 Å². The van der Waals surface area contributed by atoms with E-state index in [4.69, 9.17) is 5.11 Å². The lowest BCUT2D eigenvalue weighted by Gasteiger charge is -2.34. The number of hydrogen-bond acceptors (Lipinski definition) is 4. The number of piperazine rings is 1. The Morgan fingerprint density at radius 3 is 2.59 bits per heavy atom. The Morgan fingerprint density at radius 2 is 2.06 bits per heavy atom. The van der Waals surface area contributed by atoms with Crippen LogP contribution in [0.2, 0.25) is 0 Å². The van der Waals surface area contributed by atoms with Crippen LogP contribution in [0.25, 0.3) is 0 Å². The number of H-pyrrole nitrogens is 2. The highest BCUT2D eigenvalue weighted by atomic mass is 16.3. The van der Waals surface area contributed by atoms with Gasteiger partial charge in [-0.05, 0) is 0 Å². The monoisotopic (exact) mass is 240 g/mol. The zero-order chi connectivity index (χ0) is 12.3. The van der Waals surface area contributed by atoms with Gasteiger partial charge in [0, 0.05) is 38.9 Å². The molecule has 0 aliphatic carbocycles. The van der Waals surface area contributed by atoms with Gasteiger partial charge < -0.3 is 20.0 Å². The van der Waals surface area contributed by atoms with Gasteiger partial charge in [0.2, 0.25) is 0 Å². The van der Waals surface area contributed by atoms with Crippen molar-refractivity contribution in [2.45, 2.75) is 0 Å². The Hall–Kier alpha value is -1.60. The van der Waals surface area contributed by atoms with Crippen LogP contribution in [0.5, 0.6) is 0 Å². The quantitative estimate of drug-likeness (QED) is 0.596. The van der Waals surface area contributed by atoms with Gasteiger partial charge in [-0.25, -0.2) is 4.79 Å². The lowest BCUT2D eigenvalue weighted by molar-refractivity contribution is 0.0610. The fourth-order valence-electron chi connectivity index (χ4n) is 1.93. The Labute approximate surface area is 98.0 Å². The molecule has 1 saturated heterocycles.